The molecule has 1 aromatic heterocycles. The summed E-state index contributed by atoms with van der Waals surface area (Å²) in [4.78, 5) is 7.76. The molecular weight excluding hydrogens is 232 g/mol. The van der Waals surface area contributed by atoms with Crippen molar-refractivity contribution >= 4 is 28.1 Å². The predicted molar refractivity (Wildman–Crippen MR) is 63.9 cm³/mol. The van der Waals surface area contributed by atoms with Crippen LogP contribution in [0.25, 0.3) is 0 Å². The highest BCUT2D eigenvalue weighted by Crippen LogP contribution is 2.26. The number of rotatable bonds is 3. The number of hydrogen-bond acceptors (Lipinski definition) is 4. The van der Waals surface area contributed by atoms with E-state index in [1.165, 1.54) is 0 Å². The Balaban J connectivity index is 2.02. The highest BCUT2D eigenvalue weighted by Gasteiger charge is 2.20. The molecule has 5 heteroatoms. The third-order valence-electron chi connectivity index (χ3n) is 2.71. The van der Waals surface area contributed by atoms with Gasteiger partial charge in [0.05, 0.1) is 5.88 Å². The Hall–Kier alpha value is -0.320. The molecule has 0 aromatic carbocycles. The van der Waals surface area contributed by atoms with Crippen molar-refractivity contribution in [3.8, 4) is 0 Å². The first-order chi connectivity index (χ1) is 7.31. The Morgan fingerprint density at radius 1 is 1.60 bits per heavy atom. The van der Waals surface area contributed by atoms with Crippen LogP contribution >= 0.6 is 22.9 Å². The van der Waals surface area contributed by atoms with E-state index in [1.54, 1.807) is 11.3 Å². The van der Waals surface area contributed by atoms with Gasteiger partial charge in [-0.05, 0) is 12.8 Å². The molecule has 0 radical (unpaired) electrons. The Morgan fingerprint density at radius 2 is 2.33 bits per heavy atom. The molecule has 1 aliphatic heterocycles. The van der Waals surface area contributed by atoms with E-state index < -0.39 is 0 Å². The molecule has 15 heavy (non-hydrogen) atoms. The van der Waals surface area contributed by atoms with Crippen LogP contribution < -0.4 is 4.90 Å². The number of nitrogens with zero attached hydrogens (tertiary/aromatic N) is 2. The van der Waals surface area contributed by atoms with Gasteiger partial charge in [0.15, 0.2) is 5.13 Å². The number of hydrogen-bond donors (Lipinski definition) is 0. The fourth-order valence-electron chi connectivity index (χ4n) is 1.75. The lowest BCUT2D eigenvalue weighted by molar-refractivity contribution is 0.0855. The van der Waals surface area contributed by atoms with Crippen LogP contribution in [-0.2, 0) is 10.6 Å². The van der Waals surface area contributed by atoms with Crippen molar-refractivity contribution in [1.82, 2.24) is 4.98 Å². The first-order valence-corrected chi connectivity index (χ1v) is 6.47. The third kappa shape index (κ3) is 2.62. The molecule has 0 bridgehead atoms. The second-order valence-electron chi connectivity index (χ2n) is 3.70. The van der Waals surface area contributed by atoms with Crippen molar-refractivity contribution in [3.63, 3.8) is 0 Å². The minimum absolute atomic E-state index is 0.555. The van der Waals surface area contributed by atoms with Crippen LogP contribution in [-0.4, -0.2) is 31.3 Å². The van der Waals surface area contributed by atoms with E-state index in [4.69, 9.17) is 16.3 Å². The summed E-state index contributed by atoms with van der Waals surface area (Å²) in [5.74, 6) is 0.555. The van der Waals surface area contributed by atoms with Crippen LogP contribution in [0.5, 0.6) is 0 Å². The quantitative estimate of drug-likeness (QED) is 0.767. The molecule has 2 rings (SSSR count). The van der Waals surface area contributed by atoms with Gasteiger partial charge in [0.1, 0.15) is 0 Å². The fraction of sp³-hybridized carbons (Fsp3) is 0.700. The largest absolute Gasteiger partial charge is 0.381 e. The zero-order chi connectivity index (χ0) is 10.7. The average Bonchev–Trinajstić information content (AvgIpc) is 2.78. The zero-order valence-corrected chi connectivity index (χ0v) is 10.4. The molecular formula is C10H15ClN2OS. The van der Waals surface area contributed by atoms with Gasteiger partial charge in [-0.2, -0.15) is 0 Å². The minimum atomic E-state index is 0.555. The highest BCUT2D eigenvalue weighted by atomic mass is 35.5. The summed E-state index contributed by atoms with van der Waals surface area (Å²) in [6.07, 6.45) is 4.04. The summed E-state index contributed by atoms with van der Waals surface area (Å²) in [5, 5.41) is 1.07. The van der Waals surface area contributed by atoms with Gasteiger partial charge in [-0.3, -0.25) is 0 Å². The molecule has 1 saturated heterocycles. The Kier molecular flexibility index (Phi) is 3.83. The summed E-state index contributed by atoms with van der Waals surface area (Å²) in [7, 11) is 2.10. The van der Waals surface area contributed by atoms with Crippen LogP contribution in [0.15, 0.2) is 6.20 Å². The van der Waals surface area contributed by atoms with Gasteiger partial charge in [-0.1, -0.05) is 0 Å². The van der Waals surface area contributed by atoms with E-state index in [0.717, 1.165) is 36.1 Å². The minimum Gasteiger partial charge on any atom is -0.381 e. The maximum absolute atomic E-state index is 5.76. The van der Waals surface area contributed by atoms with Crippen molar-refractivity contribution < 1.29 is 4.74 Å². The Morgan fingerprint density at radius 3 is 2.93 bits per heavy atom. The number of alkyl halides is 1. The van der Waals surface area contributed by atoms with E-state index >= 15 is 0 Å². The Bertz CT molecular complexity index is 312. The SMILES string of the molecule is CN(c1ncc(CCl)s1)C1CCOCC1. The van der Waals surface area contributed by atoms with Gasteiger partial charge < -0.3 is 9.64 Å². The second-order valence-corrected chi connectivity index (χ2v) is 5.06. The summed E-state index contributed by atoms with van der Waals surface area (Å²) in [6.45, 7) is 1.73. The lowest BCUT2D eigenvalue weighted by Crippen LogP contribution is -2.36. The molecule has 1 aliphatic rings. The predicted octanol–water partition coefficient (Wildman–Crippen LogP) is 2.50. The van der Waals surface area contributed by atoms with Gasteiger partial charge >= 0.3 is 0 Å². The molecule has 0 N–H and O–H groups in total. The number of anilines is 1. The van der Waals surface area contributed by atoms with Crippen LogP contribution in [0.2, 0.25) is 0 Å². The first-order valence-electron chi connectivity index (χ1n) is 5.12. The summed E-state index contributed by atoms with van der Waals surface area (Å²) >= 11 is 7.44. The van der Waals surface area contributed by atoms with E-state index in [9.17, 15) is 0 Å². The summed E-state index contributed by atoms with van der Waals surface area (Å²) in [6, 6.07) is 0.563. The average molecular weight is 247 g/mol. The number of halogens is 1. The lowest BCUT2D eigenvalue weighted by Gasteiger charge is -2.30. The number of aromatic nitrogens is 1. The van der Waals surface area contributed by atoms with Gasteiger partial charge in [0, 0.05) is 37.4 Å². The van der Waals surface area contributed by atoms with Crippen molar-refractivity contribution in [2.24, 2.45) is 0 Å². The topological polar surface area (TPSA) is 25.4 Å². The summed E-state index contributed by atoms with van der Waals surface area (Å²) in [5.41, 5.74) is 0. The van der Waals surface area contributed by atoms with Crippen molar-refractivity contribution in [1.29, 1.82) is 0 Å². The molecule has 3 nitrogen and oxygen atoms in total. The molecule has 1 fully saturated rings. The number of ether oxygens (including phenoxy) is 1. The lowest BCUT2D eigenvalue weighted by atomic mass is 10.1. The van der Waals surface area contributed by atoms with E-state index in [0.29, 0.717) is 11.9 Å². The van der Waals surface area contributed by atoms with Gasteiger partial charge in [0.2, 0.25) is 0 Å². The smallest absolute Gasteiger partial charge is 0.185 e. The monoisotopic (exact) mass is 246 g/mol. The van der Waals surface area contributed by atoms with E-state index in [-0.39, 0.29) is 0 Å². The highest BCUT2D eigenvalue weighted by molar-refractivity contribution is 7.15. The maximum atomic E-state index is 5.76. The van der Waals surface area contributed by atoms with Gasteiger partial charge in [0.25, 0.3) is 0 Å². The number of thiazole rings is 1. The second kappa shape index (κ2) is 5.14. The maximum Gasteiger partial charge on any atom is 0.185 e. The van der Waals surface area contributed by atoms with E-state index in [2.05, 4.69) is 16.9 Å². The molecule has 84 valence electrons. The summed E-state index contributed by atoms with van der Waals surface area (Å²) < 4.78 is 5.35. The fourth-order valence-corrected chi connectivity index (χ4v) is 2.78. The molecule has 2 heterocycles. The van der Waals surface area contributed by atoms with Crippen LogP contribution in [0.4, 0.5) is 5.13 Å². The molecule has 0 aliphatic carbocycles. The van der Waals surface area contributed by atoms with E-state index in [1.807, 2.05) is 6.20 Å². The Labute approximate surface area is 99.0 Å². The standard InChI is InChI=1S/C10H15ClN2OS/c1-13(8-2-4-14-5-3-8)10-12-7-9(6-11)15-10/h7-8H,2-6H2,1H3. The molecule has 0 unspecified atom stereocenters. The van der Waals surface area contributed by atoms with Crippen molar-refractivity contribution in [3.05, 3.63) is 11.1 Å². The molecule has 1 aromatic rings. The molecule has 0 atom stereocenters. The third-order valence-corrected chi connectivity index (χ3v) is 4.25. The van der Waals surface area contributed by atoms with Crippen LogP contribution in [0, 0.1) is 0 Å². The normalized spacial score (nSPS) is 18.0. The van der Waals surface area contributed by atoms with Crippen molar-refractivity contribution in [2.75, 3.05) is 25.2 Å². The van der Waals surface area contributed by atoms with Gasteiger partial charge in [-0.25, -0.2) is 4.98 Å². The van der Waals surface area contributed by atoms with Crippen LogP contribution in [0.3, 0.4) is 0 Å². The molecule has 0 saturated carbocycles. The van der Waals surface area contributed by atoms with Crippen LogP contribution in [0.1, 0.15) is 17.7 Å². The van der Waals surface area contributed by atoms with Gasteiger partial charge in [-0.15, -0.1) is 22.9 Å². The first kappa shape index (κ1) is 11.2. The van der Waals surface area contributed by atoms with Crippen molar-refractivity contribution in [2.45, 2.75) is 24.8 Å². The molecule has 0 amide bonds. The zero-order valence-electron chi connectivity index (χ0n) is 8.78. The molecule has 0 spiro atoms.